The fourth-order valence-corrected chi connectivity index (χ4v) is 3.15. The molecule has 3 heteroatoms. The average Bonchev–Trinajstić information content (AvgIpc) is 3.10. The molecule has 0 bridgehead atoms. The Morgan fingerprint density at radius 3 is 2.62 bits per heavy atom. The molecule has 3 nitrogen and oxygen atoms in total. The molecule has 0 aliphatic rings. The van der Waals surface area contributed by atoms with Crippen LogP contribution in [0.5, 0.6) is 0 Å². The Bertz CT molecular complexity index is 1120. The lowest BCUT2D eigenvalue weighted by Gasteiger charge is -2.11. The van der Waals surface area contributed by atoms with Gasteiger partial charge in [-0.15, -0.1) is 0 Å². The van der Waals surface area contributed by atoms with Crippen molar-refractivity contribution in [3.05, 3.63) is 103 Å². The lowest BCUT2D eigenvalue weighted by molar-refractivity contribution is 0.960. The smallest absolute Gasteiger partial charge is 0.0739 e. The van der Waals surface area contributed by atoms with Crippen LogP contribution in [-0.2, 0) is 0 Å². The summed E-state index contributed by atoms with van der Waals surface area (Å²) in [5.74, 6) is 0. The molecule has 0 aliphatic heterocycles. The van der Waals surface area contributed by atoms with Gasteiger partial charge in [0.15, 0.2) is 0 Å². The molecule has 4 rings (SSSR count). The summed E-state index contributed by atoms with van der Waals surface area (Å²) in [6, 6.07) is 18.5. The van der Waals surface area contributed by atoms with Gasteiger partial charge in [0.25, 0.3) is 0 Å². The van der Waals surface area contributed by atoms with Crippen LogP contribution < -0.4 is 0 Å². The van der Waals surface area contributed by atoms with Crippen molar-refractivity contribution in [2.75, 3.05) is 0 Å². The lowest BCUT2D eigenvalue weighted by Crippen LogP contribution is -1.96. The van der Waals surface area contributed by atoms with Crippen LogP contribution in [0.4, 0.5) is 0 Å². The Labute approximate surface area is 153 Å². The number of nitrogens with zero attached hydrogens (tertiary/aromatic N) is 3. The second kappa shape index (κ2) is 6.45. The Hall–Kier alpha value is -3.46. The highest BCUT2D eigenvalue weighted by Crippen LogP contribution is 2.27. The van der Waals surface area contributed by atoms with E-state index in [-0.39, 0.29) is 0 Å². The van der Waals surface area contributed by atoms with Crippen molar-refractivity contribution in [2.45, 2.75) is 6.92 Å². The van der Waals surface area contributed by atoms with Crippen molar-refractivity contribution in [2.24, 2.45) is 0 Å². The van der Waals surface area contributed by atoms with Gasteiger partial charge < -0.3 is 0 Å². The SMILES string of the molecule is C=Cc1cnn2ccc(C(=C)c3ccc(-c4ccccc4)nc3C)cc12. The molecular weight excluding hydrogens is 318 g/mol. The molecule has 126 valence electrons. The summed E-state index contributed by atoms with van der Waals surface area (Å²) >= 11 is 0. The fraction of sp³-hybridized carbons (Fsp3) is 0.0435. The van der Waals surface area contributed by atoms with Gasteiger partial charge in [0.2, 0.25) is 0 Å². The first-order valence-electron chi connectivity index (χ1n) is 8.50. The number of hydrogen-bond donors (Lipinski definition) is 0. The van der Waals surface area contributed by atoms with Crippen molar-refractivity contribution in [1.82, 2.24) is 14.6 Å². The van der Waals surface area contributed by atoms with Crippen LogP contribution in [0.3, 0.4) is 0 Å². The van der Waals surface area contributed by atoms with Crippen molar-refractivity contribution in [3.8, 4) is 11.3 Å². The van der Waals surface area contributed by atoms with E-state index in [1.54, 1.807) is 0 Å². The quantitative estimate of drug-likeness (QED) is 0.498. The number of aromatic nitrogens is 3. The third kappa shape index (κ3) is 2.74. The monoisotopic (exact) mass is 337 g/mol. The molecule has 3 aromatic heterocycles. The maximum Gasteiger partial charge on any atom is 0.0739 e. The molecule has 0 saturated carbocycles. The van der Waals surface area contributed by atoms with Crippen LogP contribution in [0.2, 0.25) is 0 Å². The molecule has 0 aliphatic carbocycles. The summed E-state index contributed by atoms with van der Waals surface area (Å²) in [6.45, 7) is 10.2. The molecule has 0 radical (unpaired) electrons. The van der Waals surface area contributed by atoms with E-state index in [0.29, 0.717) is 0 Å². The minimum atomic E-state index is 0.952. The summed E-state index contributed by atoms with van der Waals surface area (Å²) in [5, 5.41) is 4.33. The lowest BCUT2D eigenvalue weighted by atomic mass is 9.97. The van der Waals surface area contributed by atoms with E-state index >= 15 is 0 Å². The van der Waals surface area contributed by atoms with Crippen LogP contribution in [0.25, 0.3) is 28.4 Å². The van der Waals surface area contributed by atoms with Crippen LogP contribution >= 0.6 is 0 Å². The highest BCUT2D eigenvalue weighted by atomic mass is 15.2. The maximum atomic E-state index is 4.78. The predicted molar refractivity (Wildman–Crippen MR) is 108 cm³/mol. The van der Waals surface area contributed by atoms with E-state index in [4.69, 9.17) is 4.98 Å². The number of aryl methyl sites for hydroxylation is 1. The largest absolute Gasteiger partial charge is 0.252 e. The second-order valence-electron chi connectivity index (χ2n) is 6.22. The van der Waals surface area contributed by atoms with Crippen LogP contribution in [0.15, 0.2) is 80.1 Å². The van der Waals surface area contributed by atoms with Gasteiger partial charge in [0.05, 0.1) is 17.4 Å². The topological polar surface area (TPSA) is 30.2 Å². The molecule has 4 aromatic rings. The van der Waals surface area contributed by atoms with Crippen LogP contribution in [0.1, 0.15) is 22.4 Å². The fourth-order valence-electron chi connectivity index (χ4n) is 3.15. The van der Waals surface area contributed by atoms with Gasteiger partial charge in [-0.1, -0.05) is 55.6 Å². The van der Waals surface area contributed by atoms with Crippen molar-refractivity contribution in [1.29, 1.82) is 0 Å². The summed E-state index contributed by atoms with van der Waals surface area (Å²) in [7, 11) is 0. The standard InChI is InChI=1S/C23H19N3/c1-4-18-15-24-26-13-12-20(14-23(18)26)16(2)21-10-11-22(25-17(21)3)19-8-6-5-7-9-19/h4-15H,1-2H2,3H3. The Balaban J connectivity index is 1.73. The predicted octanol–water partition coefficient (Wildman–Crippen LogP) is 5.41. The minimum absolute atomic E-state index is 0.952. The van der Waals surface area contributed by atoms with Gasteiger partial charge in [-0.2, -0.15) is 5.10 Å². The minimum Gasteiger partial charge on any atom is -0.252 e. The number of hydrogen-bond acceptors (Lipinski definition) is 2. The van der Waals surface area contributed by atoms with E-state index in [0.717, 1.165) is 44.7 Å². The first-order valence-corrected chi connectivity index (χ1v) is 8.50. The van der Waals surface area contributed by atoms with Gasteiger partial charge in [-0.3, -0.25) is 4.98 Å². The number of rotatable bonds is 4. The molecule has 0 unspecified atom stereocenters. The number of fused-ring (bicyclic) bond motifs is 1. The molecule has 0 N–H and O–H groups in total. The van der Waals surface area contributed by atoms with Crippen molar-refractivity contribution in [3.63, 3.8) is 0 Å². The average molecular weight is 337 g/mol. The summed E-state index contributed by atoms with van der Waals surface area (Å²) in [5.41, 5.74) is 8.14. The van der Waals surface area contributed by atoms with E-state index < -0.39 is 0 Å². The zero-order chi connectivity index (χ0) is 18.1. The Kier molecular flexibility index (Phi) is 3.98. The maximum absolute atomic E-state index is 4.78. The molecule has 0 spiro atoms. The highest BCUT2D eigenvalue weighted by Gasteiger charge is 2.10. The summed E-state index contributed by atoms with van der Waals surface area (Å²) in [4.78, 5) is 4.78. The van der Waals surface area contributed by atoms with Gasteiger partial charge in [0, 0.05) is 28.6 Å². The van der Waals surface area contributed by atoms with E-state index in [9.17, 15) is 0 Å². The summed E-state index contributed by atoms with van der Waals surface area (Å²) in [6.07, 6.45) is 5.58. The van der Waals surface area contributed by atoms with Crippen molar-refractivity contribution < 1.29 is 0 Å². The zero-order valence-electron chi connectivity index (χ0n) is 14.7. The molecule has 3 heterocycles. The first-order chi connectivity index (χ1) is 12.7. The van der Waals surface area contributed by atoms with E-state index in [1.807, 2.05) is 54.2 Å². The van der Waals surface area contributed by atoms with Gasteiger partial charge in [-0.25, -0.2) is 4.52 Å². The number of benzene rings is 1. The Morgan fingerprint density at radius 1 is 1.08 bits per heavy atom. The molecule has 0 saturated heterocycles. The third-order valence-corrected chi connectivity index (χ3v) is 4.60. The van der Waals surface area contributed by atoms with Crippen molar-refractivity contribution >= 4 is 17.2 Å². The third-order valence-electron chi connectivity index (χ3n) is 4.60. The highest BCUT2D eigenvalue weighted by molar-refractivity contribution is 5.82. The molecule has 0 atom stereocenters. The molecule has 0 amide bonds. The van der Waals surface area contributed by atoms with Gasteiger partial charge in [0.1, 0.15) is 0 Å². The van der Waals surface area contributed by atoms with E-state index in [2.05, 4.69) is 48.6 Å². The summed E-state index contributed by atoms with van der Waals surface area (Å²) < 4.78 is 1.84. The normalized spacial score (nSPS) is 10.8. The van der Waals surface area contributed by atoms with Crippen LogP contribution in [-0.4, -0.2) is 14.6 Å². The number of pyridine rings is 2. The van der Waals surface area contributed by atoms with Crippen LogP contribution in [0, 0.1) is 6.92 Å². The molecule has 0 fully saturated rings. The van der Waals surface area contributed by atoms with E-state index in [1.165, 1.54) is 0 Å². The Morgan fingerprint density at radius 2 is 1.88 bits per heavy atom. The van der Waals surface area contributed by atoms with Gasteiger partial charge in [-0.05, 0) is 36.3 Å². The molecular formula is C23H19N3. The van der Waals surface area contributed by atoms with Gasteiger partial charge >= 0.3 is 0 Å². The first kappa shape index (κ1) is 16.0. The molecule has 26 heavy (non-hydrogen) atoms. The zero-order valence-corrected chi connectivity index (χ0v) is 14.7. The molecule has 1 aromatic carbocycles. The second-order valence-corrected chi connectivity index (χ2v) is 6.22.